The van der Waals surface area contributed by atoms with Crippen molar-refractivity contribution in [1.82, 2.24) is 0 Å². The Labute approximate surface area is 345 Å². The quantitative estimate of drug-likeness (QED) is 0.0262. The minimum atomic E-state index is -1.12. The Kier molecular flexibility index (Phi) is 38.1. The van der Waals surface area contributed by atoms with Gasteiger partial charge < -0.3 is 28.6 Å². The third kappa shape index (κ3) is 37.4. The van der Waals surface area contributed by atoms with Gasteiger partial charge in [-0.25, -0.2) is 0 Å². The van der Waals surface area contributed by atoms with Gasteiger partial charge in [0.1, 0.15) is 12.6 Å². The van der Waals surface area contributed by atoms with Crippen LogP contribution in [0.15, 0.2) is 24.3 Å². The number of hydrogen-bond donors (Lipinski definition) is 0. The van der Waals surface area contributed by atoms with Crippen LogP contribution in [0.3, 0.4) is 0 Å². The van der Waals surface area contributed by atoms with Crippen molar-refractivity contribution in [2.24, 2.45) is 0 Å². The summed E-state index contributed by atoms with van der Waals surface area (Å²) in [5.74, 6) is -1.74. The molecule has 2 unspecified atom stereocenters. The average Bonchev–Trinajstić information content (AvgIpc) is 3.15. The highest BCUT2D eigenvalue weighted by molar-refractivity contribution is 5.70. The van der Waals surface area contributed by atoms with Crippen molar-refractivity contribution in [1.29, 1.82) is 0 Å². The summed E-state index contributed by atoms with van der Waals surface area (Å²) >= 11 is 0. The molecule has 0 aliphatic rings. The SMILES string of the molecule is CCCCCCCCC/C=C/C=C/CCCCCCCC(=O)OCC(COCCC(C(=O)[O-])[N+](C)(C)C)OC(=O)CCCCCCCCCCCCCCCC. The van der Waals surface area contributed by atoms with E-state index in [2.05, 4.69) is 38.2 Å². The van der Waals surface area contributed by atoms with Crippen molar-refractivity contribution >= 4 is 17.9 Å². The van der Waals surface area contributed by atoms with Gasteiger partial charge in [0.25, 0.3) is 0 Å². The molecule has 0 aliphatic heterocycles. The number of esters is 2. The van der Waals surface area contributed by atoms with Crippen molar-refractivity contribution < 1.29 is 38.2 Å². The Balaban J connectivity index is 4.31. The van der Waals surface area contributed by atoms with Crippen LogP contribution in [0.2, 0.25) is 0 Å². The lowest BCUT2D eigenvalue weighted by Gasteiger charge is -2.34. The van der Waals surface area contributed by atoms with Crippen molar-refractivity contribution in [2.75, 3.05) is 41.0 Å². The largest absolute Gasteiger partial charge is 0.544 e. The van der Waals surface area contributed by atoms with Crippen LogP contribution in [0.1, 0.15) is 213 Å². The summed E-state index contributed by atoms with van der Waals surface area (Å²) in [6.45, 7) is 4.66. The summed E-state index contributed by atoms with van der Waals surface area (Å²) in [6, 6.07) is -0.725. The summed E-state index contributed by atoms with van der Waals surface area (Å²) < 4.78 is 17.2. The number of quaternary nitrogens is 1. The van der Waals surface area contributed by atoms with E-state index in [1.54, 1.807) is 21.1 Å². The first-order valence-corrected chi connectivity index (χ1v) is 23.4. The maximum Gasteiger partial charge on any atom is 0.306 e. The summed E-state index contributed by atoms with van der Waals surface area (Å²) in [4.78, 5) is 36.9. The molecule has 0 heterocycles. The molecule has 2 atom stereocenters. The summed E-state index contributed by atoms with van der Waals surface area (Å²) in [6.07, 6.45) is 43.4. The molecule has 0 aromatic heterocycles. The van der Waals surface area contributed by atoms with Gasteiger partial charge in [0.15, 0.2) is 6.10 Å². The lowest BCUT2D eigenvalue weighted by Crippen LogP contribution is -2.55. The molecular formula is C48H89NO7. The van der Waals surface area contributed by atoms with E-state index in [1.165, 1.54) is 122 Å². The highest BCUT2D eigenvalue weighted by Crippen LogP contribution is 2.15. The first-order chi connectivity index (χ1) is 27.1. The molecule has 0 N–H and O–H groups in total. The fourth-order valence-corrected chi connectivity index (χ4v) is 6.94. The Hall–Kier alpha value is -2.19. The molecule has 8 nitrogen and oxygen atoms in total. The van der Waals surface area contributed by atoms with Crippen molar-refractivity contribution in [3.8, 4) is 0 Å². The van der Waals surface area contributed by atoms with Crippen molar-refractivity contribution in [3.05, 3.63) is 24.3 Å². The van der Waals surface area contributed by atoms with Gasteiger partial charge in [-0.3, -0.25) is 9.59 Å². The summed E-state index contributed by atoms with van der Waals surface area (Å²) in [5, 5.41) is 11.6. The van der Waals surface area contributed by atoms with Gasteiger partial charge in [-0.05, 0) is 38.5 Å². The third-order valence-electron chi connectivity index (χ3n) is 10.6. The maximum absolute atomic E-state index is 12.7. The molecule has 0 fully saturated rings. The Bertz CT molecular complexity index is 973. The number of nitrogens with zero attached hydrogens (tertiary/aromatic N) is 1. The second-order valence-electron chi connectivity index (χ2n) is 17.0. The smallest absolute Gasteiger partial charge is 0.306 e. The number of hydrogen-bond acceptors (Lipinski definition) is 7. The summed E-state index contributed by atoms with van der Waals surface area (Å²) in [7, 11) is 5.41. The number of carboxylic acid groups (broad SMARTS) is 1. The second-order valence-corrected chi connectivity index (χ2v) is 17.0. The molecule has 0 aliphatic carbocycles. The van der Waals surface area contributed by atoms with Gasteiger partial charge >= 0.3 is 11.9 Å². The number of carbonyl (C=O) groups is 3. The molecule has 328 valence electrons. The number of aliphatic carboxylic acids is 1. The molecule has 0 aromatic rings. The van der Waals surface area contributed by atoms with Crippen LogP contribution in [-0.4, -0.2) is 75.5 Å². The second kappa shape index (κ2) is 39.6. The fourth-order valence-electron chi connectivity index (χ4n) is 6.94. The molecule has 8 heteroatoms. The molecule has 56 heavy (non-hydrogen) atoms. The standard InChI is InChI=1S/C48H89NO7/c1-6-8-10-12-14-16-18-20-22-23-24-25-27-28-30-32-34-36-38-46(50)55-43-44(42-54-41-40-45(48(52)53)49(3,4)5)56-47(51)39-37-35-33-31-29-26-21-19-17-15-13-11-9-7-2/h22-25,44-45H,6-21,26-43H2,1-5H3/b23-22+,25-24+. The van der Waals surface area contributed by atoms with E-state index in [1.807, 2.05) is 0 Å². The van der Waals surface area contributed by atoms with Gasteiger partial charge in [-0.15, -0.1) is 0 Å². The highest BCUT2D eigenvalue weighted by atomic mass is 16.6. The van der Waals surface area contributed by atoms with E-state index in [4.69, 9.17) is 14.2 Å². The van der Waals surface area contributed by atoms with Crippen LogP contribution in [0.4, 0.5) is 0 Å². The number of rotatable bonds is 42. The molecule has 0 saturated heterocycles. The lowest BCUT2D eigenvalue weighted by molar-refractivity contribution is -0.889. The minimum Gasteiger partial charge on any atom is -0.544 e. The molecule has 0 rings (SSSR count). The van der Waals surface area contributed by atoms with Crippen LogP contribution in [0.5, 0.6) is 0 Å². The maximum atomic E-state index is 12.7. The van der Waals surface area contributed by atoms with Gasteiger partial charge in [0.2, 0.25) is 0 Å². The number of likely N-dealkylation sites (N-methyl/N-ethyl adjacent to an activating group) is 1. The van der Waals surface area contributed by atoms with Crippen LogP contribution >= 0.6 is 0 Å². The zero-order valence-electron chi connectivity index (χ0n) is 37.3. The normalized spacial score (nSPS) is 13.1. The number of carbonyl (C=O) groups excluding carboxylic acids is 3. The number of carboxylic acids is 1. The van der Waals surface area contributed by atoms with Gasteiger partial charge in [-0.1, -0.05) is 179 Å². The van der Waals surface area contributed by atoms with Crippen LogP contribution in [-0.2, 0) is 28.6 Å². The van der Waals surface area contributed by atoms with E-state index in [9.17, 15) is 19.5 Å². The van der Waals surface area contributed by atoms with Crippen LogP contribution in [0, 0.1) is 0 Å². The third-order valence-corrected chi connectivity index (χ3v) is 10.6. The average molecular weight is 792 g/mol. The molecular weight excluding hydrogens is 703 g/mol. The van der Waals surface area contributed by atoms with E-state index in [0.717, 1.165) is 57.8 Å². The monoisotopic (exact) mass is 792 g/mol. The fraction of sp³-hybridized carbons (Fsp3) is 0.854. The molecule has 0 aromatic carbocycles. The lowest BCUT2D eigenvalue weighted by atomic mass is 10.0. The first-order valence-electron chi connectivity index (χ1n) is 23.4. The zero-order chi connectivity index (χ0) is 41.4. The van der Waals surface area contributed by atoms with Crippen LogP contribution < -0.4 is 5.11 Å². The van der Waals surface area contributed by atoms with Gasteiger partial charge in [-0.2, -0.15) is 0 Å². The van der Waals surface area contributed by atoms with Gasteiger partial charge in [0.05, 0.1) is 40.3 Å². The van der Waals surface area contributed by atoms with E-state index in [-0.39, 0.29) is 42.7 Å². The Morgan fingerprint density at radius 1 is 0.536 bits per heavy atom. The first kappa shape index (κ1) is 53.8. The predicted molar refractivity (Wildman–Crippen MR) is 231 cm³/mol. The number of ether oxygens (including phenoxy) is 3. The topological polar surface area (TPSA) is 102 Å². The zero-order valence-corrected chi connectivity index (χ0v) is 37.3. The van der Waals surface area contributed by atoms with Gasteiger partial charge in [0, 0.05) is 19.3 Å². The highest BCUT2D eigenvalue weighted by Gasteiger charge is 2.25. The molecule has 0 radical (unpaired) electrons. The van der Waals surface area contributed by atoms with Crippen molar-refractivity contribution in [2.45, 2.75) is 225 Å². The van der Waals surface area contributed by atoms with E-state index >= 15 is 0 Å². The van der Waals surface area contributed by atoms with E-state index < -0.39 is 18.1 Å². The minimum absolute atomic E-state index is 0.0398. The molecule has 0 spiro atoms. The molecule has 0 amide bonds. The molecule has 0 saturated carbocycles. The summed E-state index contributed by atoms with van der Waals surface area (Å²) in [5.41, 5.74) is 0. The Morgan fingerprint density at radius 3 is 1.34 bits per heavy atom. The number of unbranched alkanes of at least 4 members (excludes halogenated alkanes) is 25. The number of allylic oxidation sites excluding steroid dienone is 4. The van der Waals surface area contributed by atoms with E-state index in [0.29, 0.717) is 12.8 Å². The van der Waals surface area contributed by atoms with Crippen LogP contribution in [0.25, 0.3) is 0 Å². The van der Waals surface area contributed by atoms with Crippen molar-refractivity contribution in [3.63, 3.8) is 0 Å². The predicted octanol–water partition coefficient (Wildman–Crippen LogP) is 11.5. The Morgan fingerprint density at radius 2 is 0.929 bits per heavy atom. The molecule has 0 bridgehead atoms.